The molecular weight excluding hydrogens is 378 g/mol. The molecule has 6 nitrogen and oxygen atoms in total. The highest BCUT2D eigenvalue weighted by Crippen LogP contribution is 2.22. The van der Waals surface area contributed by atoms with E-state index in [0.29, 0.717) is 23.6 Å². The number of rotatable bonds is 7. The minimum atomic E-state index is -0.821. The fourth-order valence-electron chi connectivity index (χ4n) is 2.64. The molecule has 0 bridgehead atoms. The molecule has 0 aliphatic heterocycles. The highest BCUT2D eigenvalue weighted by atomic mass is 16.5. The lowest BCUT2D eigenvalue weighted by Gasteiger charge is -2.08. The number of hydrazone groups is 1. The van der Waals surface area contributed by atoms with Gasteiger partial charge in [-0.1, -0.05) is 48.5 Å². The fraction of sp³-hybridized carbons (Fsp3) is 0.125. The third-order valence-corrected chi connectivity index (χ3v) is 4.26. The second-order valence-corrected chi connectivity index (χ2v) is 6.67. The smallest absolute Gasteiger partial charge is 0.329 e. The van der Waals surface area contributed by atoms with E-state index in [4.69, 9.17) is 4.74 Å². The molecule has 0 aromatic heterocycles. The van der Waals surface area contributed by atoms with E-state index in [1.165, 1.54) is 5.56 Å². The van der Waals surface area contributed by atoms with E-state index in [0.717, 1.165) is 12.1 Å². The second kappa shape index (κ2) is 10.6. The molecule has 0 saturated heterocycles. The molecule has 3 aromatic rings. The average Bonchev–Trinajstić information content (AvgIpc) is 2.78. The number of hydrogen-bond acceptors (Lipinski definition) is 4. The van der Waals surface area contributed by atoms with Crippen LogP contribution in [0.3, 0.4) is 0 Å². The van der Waals surface area contributed by atoms with Crippen LogP contribution in [0.5, 0.6) is 11.5 Å². The lowest BCUT2D eigenvalue weighted by Crippen LogP contribution is -2.32. The Balaban J connectivity index is 1.46. The van der Waals surface area contributed by atoms with Gasteiger partial charge < -0.3 is 10.1 Å². The quantitative estimate of drug-likeness (QED) is 0.346. The van der Waals surface area contributed by atoms with Gasteiger partial charge in [-0.15, -0.1) is 0 Å². The minimum absolute atomic E-state index is 0.486. The standard InChI is InChI=1S/C24H23N3O3/c1-18(12-13-19-8-4-2-5-9-19)26-27-24(29)23(28)25-20-14-16-22(17-15-20)30-21-10-6-3-7-11-21/h2-11,14-17H,12-13H2,1H3,(H,25,28)(H,27,29)/b26-18-. The molecule has 152 valence electrons. The molecule has 0 radical (unpaired) electrons. The number of ether oxygens (including phenoxy) is 1. The summed E-state index contributed by atoms with van der Waals surface area (Å²) in [4.78, 5) is 24.0. The maximum absolute atomic E-state index is 12.1. The first-order chi connectivity index (χ1) is 14.6. The summed E-state index contributed by atoms with van der Waals surface area (Å²) in [6.45, 7) is 1.81. The van der Waals surface area contributed by atoms with E-state index in [2.05, 4.69) is 15.8 Å². The van der Waals surface area contributed by atoms with Gasteiger partial charge in [0.15, 0.2) is 0 Å². The van der Waals surface area contributed by atoms with Crippen molar-refractivity contribution in [3.63, 3.8) is 0 Å². The van der Waals surface area contributed by atoms with Crippen LogP contribution < -0.4 is 15.5 Å². The summed E-state index contributed by atoms with van der Waals surface area (Å²) in [6.07, 6.45) is 1.50. The van der Waals surface area contributed by atoms with Gasteiger partial charge in [0.1, 0.15) is 11.5 Å². The van der Waals surface area contributed by atoms with Crippen LogP contribution in [0.15, 0.2) is 90.0 Å². The van der Waals surface area contributed by atoms with E-state index >= 15 is 0 Å². The van der Waals surface area contributed by atoms with Crippen molar-refractivity contribution in [3.8, 4) is 11.5 Å². The van der Waals surface area contributed by atoms with Crippen LogP contribution >= 0.6 is 0 Å². The summed E-state index contributed by atoms with van der Waals surface area (Å²) in [6, 6.07) is 26.1. The molecule has 0 unspecified atom stereocenters. The first kappa shape index (κ1) is 20.8. The number of amides is 2. The molecular formula is C24H23N3O3. The van der Waals surface area contributed by atoms with E-state index in [1.54, 1.807) is 24.3 Å². The molecule has 0 heterocycles. The molecule has 0 atom stereocenters. The topological polar surface area (TPSA) is 79.8 Å². The molecule has 3 rings (SSSR count). The number of benzene rings is 3. The van der Waals surface area contributed by atoms with Gasteiger partial charge in [-0.05, 0) is 61.7 Å². The van der Waals surface area contributed by atoms with Crippen LogP contribution in [0.4, 0.5) is 5.69 Å². The molecule has 0 aliphatic carbocycles. The van der Waals surface area contributed by atoms with Crippen molar-refractivity contribution in [3.05, 3.63) is 90.5 Å². The van der Waals surface area contributed by atoms with Crippen LogP contribution in [-0.2, 0) is 16.0 Å². The number of hydrogen-bond donors (Lipinski definition) is 2. The van der Waals surface area contributed by atoms with Gasteiger partial charge in [-0.2, -0.15) is 5.10 Å². The summed E-state index contributed by atoms with van der Waals surface area (Å²) in [7, 11) is 0. The van der Waals surface area contributed by atoms with Crippen molar-refractivity contribution in [1.29, 1.82) is 0 Å². The van der Waals surface area contributed by atoms with Crippen molar-refractivity contribution < 1.29 is 14.3 Å². The van der Waals surface area contributed by atoms with Gasteiger partial charge >= 0.3 is 11.8 Å². The minimum Gasteiger partial charge on any atom is -0.457 e. The van der Waals surface area contributed by atoms with Crippen LogP contribution in [0.25, 0.3) is 0 Å². The highest BCUT2D eigenvalue weighted by molar-refractivity contribution is 6.39. The zero-order valence-electron chi connectivity index (χ0n) is 16.7. The normalized spacial score (nSPS) is 10.9. The number of para-hydroxylation sites is 1. The molecule has 3 aromatic carbocycles. The van der Waals surface area contributed by atoms with Gasteiger partial charge in [0, 0.05) is 11.4 Å². The predicted molar refractivity (Wildman–Crippen MR) is 118 cm³/mol. The third-order valence-electron chi connectivity index (χ3n) is 4.26. The number of nitrogens with one attached hydrogen (secondary N) is 2. The van der Waals surface area contributed by atoms with Gasteiger partial charge in [0.2, 0.25) is 0 Å². The average molecular weight is 401 g/mol. The van der Waals surface area contributed by atoms with E-state index in [1.807, 2.05) is 67.6 Å². The zero-order chi connectivity index (χ0) is 21.2. The Bertz CT molecular complexity index is 1000. The lowest BCUT2D eigenvalue weighted by atomic mass is 10.1. The van der Waals surface area contributed by atoms with Gasteiger partial charge in [-0.25, -0.2) is 5.43 Å². The zero-order valence-corrected chi connectivity index (χ0v) is 16.7. The Morgan fingerprint density at radius 3 is 2.07 bits per heavy atom. The summed E-state index contributed by atoms with van der Waals surface area (Å²) < 4.78 is 5.70. The summed E-state index contributed by atoms with van der Waals surface area (Å²) >= 11 is 0. The van der Waals surface area contributed by atoms with Gasteiger partial charge in [0.25, 0.3) is 0 Å². The molecule has 2 amide bonds. The fourth-order valence-corrected chi connectivity index (χ4v) is 2.64. The van der Waals surface area contributed by atoms with Crippen LogP contribution in [0.2, 0.25) is 0 Å². The Labute approximate surface area is 175 Å². The summed E-state index contributed by atoms with van der Waals surface area (Å²) in [5, 5.41) is 6.54. The number of carbonyl (C=O) groups is 2. The van der Waals surface area contributed by atoms with Crippen molar-refractivity contribution >= 4 is 23.2 Å². The Morgan fingerprint density at radius 2 is 1.40 bits per heavy atom. The lowest BCUT2D eigenvalue weighted by molar-refractivity contribution is -0.136. The Kier molecular flexibility index (Phi) is 7.33. The predicted octanol–water partition coefficient (Wildman–Crippen LogP) is 4.54. The van der Waals surface area contributed by atoms with Crippen LogP contribution in [0.1, 0.15) is 18.9 Å². The Morgan fingerprint density at radius 1 is 0.800 bits per heavy atom. The first-order valence-corrected chi connectivity index (χ1v) is 9.61. The summed E-state index contributed by atoms with van der Waals surface area (Å²) in [5.41, 5.74) is 4.71. The van der Waals surface area contributed by atoms with E-state index in [9.17, 15) is 9.59 Å². The maximum Gasteiger partial charge on any atom is 0.329 e. The van der Waals surface area contributed by atoms with Crippen molar-refractivity contribution in [2.45, 2.75) is 19.8 Å². The number of aryl methyl sites for hydroxylation is 1. The molecule has 0 saturated carbocycles. The number of nitrogens with zero attached hydrogens (tertiary/aromatic N) is 1. The van der Waals surface area contributed by atoms with Crippen molar-refractivity contribution in [1.82, 2.24) is 5.43 Å². The van der Waals surface area contributed by atoms with E-state index in [-0.39, 0.29) is 0 Å². The number of carbonyl (C=O) groups excluding carboxylic acids is 2. The molecule has 6 heteroatoms. The first-order valence-electron chi connectivity index (χ1n) is 9.61. The van der Waals surface area contributed by atoms with E-state index < -0.39 is 11.8 Å². The monoisotopic (exact) mass is 401 g/mol. The Hall–Kier alpha value is -3.93. The van der Waals surface area contributed by atoms with Crippen LogP contribution in [-0.4, -0.2) is 17.5 Å². The van der Waals surface area contributed by atoms with Gasteiger partial charge in [-0.3, -0.25) is 9.59 Å². The molecule has 0 aliphatic rings. The van der Waals surface area contributed by atoms with Crippen molar-refractivity contribution in [2.75, 3.05) is 5.32 Å². The van der Waals surface area contributed by atoms with Crippen molar-refractivity contribution in [2.24, 2.45) is 5.10 Å². The molecule has 30 heavy (non-hydrogen) atoms. The molecule has 0 fully saturated rings. The number of anilines is 1. The second-order valence-electron chi connectivity index (χ2n) is 6.67. The summed E-state index contributed by atoms with van der Waals surface area (Å²) in [5.74, 6) is -0.263. The molecule has 2 N–H and O–H groups in total. The largest absolute Gasteiger partial charge is 0.457 e. The SMILES string of the molecule is C/C(CCc1ccccc1)=N/NC(=O)C(=O)Nc1ccc(Oc2ccccc2)cc1. The highest BCUT2D eigenvalue weighted by Gasteiger charge is 2.13. The third kappa shape index (κ3) is 6.60. The van der Waals surface area contributed by atoms with Crippen LogP contribution in [0, 0.1) is 0 Å². The maximum atomic E-state index is 12.1. The molecule has 0 spiro atoms. The van der Waals surface area contributed by atoms with Gasteiger partial charge in [0.05, 0.1) is 0 Å².